The van der Waals surface area contributed by atoms with Crippen LogP contribution in [0.25, 0.3) is 16.5 Å². The topological polar surface area (TPSA) is 46.9 Å². The quantitative estimate of drug-likeness (QED) is 0.454. The van der Waals surface area contributed by atoms with Gasteiger partial charge in [-0.15, -0.1) is 0 Å². The number of hydrogen-bond donors (Lipinski definition) is 1. The fourth-order valence-electron chi connectivity index (χ4n) is 3.76. The molecule has 1 aromatic heterocycles. The zero-order valence-corrected chi connectivity index (χ0v) is 17.0. The lowest BCUT2D eigenvalue weighted by Gasteiger charge is -2.15. The highest BCUT2D eigenvalue weighted by Gasteiger charge is 2.15. The van der Waals surface area contributed by atoms with Gasteiger partial charge in [-0.2, -0.15) is 5.10 Å². The molecule has 3 aromatic carbocycles. The van der Waals surface area contributed by atoms with Crippen LogP contribution in [-0.4, -0.2) is 15.6 Å². The third-order valence-electron chi connectivity index (χ3n) is 5.45. The zero-order valence-electron chi connectivity index (χ0n) is 17.0. The molecule has 4 heteroatoms. The summed E-state index contributed by atoms with van der Waals surface area (Å²) in [6.45, 7) is 6.55. The number of rotatable bonds is 6. The van der Waals surface area contributed by atoms with E-state index in [-0.39, 0.29) is 11.8 Å². The van der Waals surface area contributed by atoms with E-state index in [0.29, 0.717) is 6.54 Å². The van der Waals surface area contributed by atoms with E-state index >= 15 is 0 Å². The first-order valence-electron chi connectivity index (χ1n) is 9.90. The van der Waals surface area contributed by atoms with E-state index in [1.165, 1.54) is 16.3 Å². The Kier molecular flexibility index (Phi) is 5.28. The number of benzene rings is 3. The largest absolute Gasteiger partial charge is 0.306 e. The molecule has 0 aliphatic carbocycles. The van der Waals surface area contributed by atoms with Gasteiger partial charge >= 0.3 is 0 Å². The second-order valence-corrected chi connectivity index (χ2v) is 7.45. The number of Topliss-reactive ketones (excluding diaryl/α,β-unsaturated/α-hetero) is 1. The Morgan fingerprint density at radius 3 is 2.66 bits per heavy atom. The van der Waals surface area contributed by atoms with Crippen LogP contribution in [0.5, 0.6) is 0 Å². The number of nitrogens with zero attached hydrogens (tertiary/aromatic N) is 2. The number of carbonyl (C=O) groups is 1. The molecule has 0 aliphatic heterocycles. The predicted octanol–water partition coefficient (Wildman–Crippen LogP) is 5.39. The van der Waals surface area contributed by atoms with Gasteiger partial charge in [-0.25, -0.2) is 4.68 Å². The van der Waals surface area contributed by atoms with Crippen LogP contribution in [0.3, 0.4) is 0 Å². The van der Waals surface area contributed by atoms with Gasteiger partial charge in [-0.05, 0) is 43.9 Å². The third-order valence-corrected chi connectivity index (χ3v) is 5.45. The van der Waals surface area contributed by atoms with Crippen LogP contribution in [0.4, 0.5) is 0 Å². The molecule has 0 spiro atoms. The van der Waals surface area contributed by atoms with Gasteiger partial charge in [-0.3, -0.25) is 4.79 Å². The minimum atomic E-state index is 0.0899. The molecule has 0 bridgehead atoms. The van der Waals surface area contributed by atoms with E-state index in [4.69, 9.17) is 0 Å². The molecule has 4 nitrogen and oxygen atoms in total. The molecular weight excluding hydrogens is 358 g/mol. The Labute approximate surface area is 171 Å². The summed E-state index contributed by atoms with van der Waals surface area (Å²) >= 11 is 0. The summed E-state index contributed by atoms with van der Waals surface area (Å²) in [6.07, 6.45) is 1.95. The Morgan fingerprint density at radius 2 is 1.83 bits per heavy atom. The molecule has 0 saturated carbocycles. The van der Waals surface area contributed by atoms with Crippen LogP contribution in [0.15, 0.2) is 72.9 Å². The van der Waals surface area contributed by atoms with Crippen molar-refractivity contribution in [2.75, 3.05) is 0 Å². The van der Waals surface area contributed by atoms with Crippen molar-refractivity contribution in [3.63, 3.8) is 0 Å². The van der Waals surface area contributed by atoms with Crippen molar-refractivity contribution in [1.82, 2.24) is 15.1 Å². The summed E-state index contributed by atoms with van der Waals surface area (Å²) in [5.74, 6) is 0.0899. The first kappa shape index (κ1) is 19.1. The van der Waals surface area contributed by atoms with Crippen LogP contribution >= 0.6 is 0 Å². The van der Waals surface area contributed by atoms with Gasteiger partial charge in [0.2, 0.25) is 0 Å². The van der Waals surface area contributed by atoms with Crippen LogP contribution in [0, 0.1) is 6.92 Å². The molecule has 0 unspecified atom stereocenters. The molecule has 1 heterocycles. The molecule has 1 N–H and O–H groups in total. The van der Waals surface area contributed by atoms with E-state index in [2.05, 4.69) is 66.7 Å². The summed E-state index contributed by atoms with van der Waals surface area (Å²) in [5.41, 5.74) is 5.23. The first-order valence-corrected chi connectivity index (χ1v) is 9.90. The standard InChI is InChI=1S/C25H25N3O/c1-17(26-15-20-8-6-11-22(14-20)19(3)29)24-16-27-28(18(24)2)25-13-7-10-21-9-4-5-12-23(21)25/h4-14,16-17,26H,15H2,1-3H3/t17-/m0/s1. The predicted molar refractivity (Wildman–Crippen MR) is 118 cm³/mol. The lowest BCUT2D eigenvalue weighted by molar-refractivity contribution is 0.101. The van der Waals surface area contributed by atoms with E-state index in [0.717, 1.165) is 22.5 Å². The third kappa shape index (κ3) is 3.84. The molecular formula is C25H25N3O. The molecule has 4 aromatic rings. The zero-order chi connectivity index (χ0) is 20.4. The molecule has 1 atom stereocenters. The molecule has 4 rings (SSSR count). The van der Waals surface area contributed by atoms with E-state index in [9.17, 15) is 4.79 Å². The summed E-state index contributed by atoms with van der Waals surface area (Å²) < 4.78 is 2.02. The normalized spacial score (nSPS) is 12.2. The van der Waals surface area contributed by atoms with Crippen LogP contribution in [0.1, 0.15) is 47.1 Å². The monoisotopic (exact) mass is 383 g/mol. The molecule has 0 fully saturated rings. The summed E-state index contributed by atoms with van der Waals surface area (Å²) in [7, 11) is 0. The number of fused-ring (bicyclic) bond motifs is 1. The Bertz CT molecular complexity index is 1170. The van der Waals surface area contributed by atoms with Crippen LogP contribution in [0.2, 0.25) is 0 Å². The Morgan fingerprint density at radius 1 is 1.07 bits per heavy atom. The van der Waals surface area contributed by atoms with Gasteiger partial charge in [0.05, 0.1) is 11.9 Å². The van der Waals surface area contributed by atoms with Gasteiger partial charge in [0.25, 0.3) is 0 Å². The molecule has 0 aliphatic rings. The summed E-state index contributed by atoms with van der Waals surface area (Å²) in [6, 6.07) is 22.6. The summed E-state index contributed by atoms with van der Waals surface area (Å²) in [4.78, 5) is 11.6. The number of ketones is 1. The number of nitrogens with one attached hydrogen (secondary N) is 1. The highest BCUT2D eigenvalue weighted by molar-refractivity contribution is 5.94. The highest BCUT2D eigenvalue weighted by atomic mass is 16.1. The van der Waals surface area contributed by atoms with E-state index < -0.39 is 0 Å². The average molecular weight is 383 g/mol. The van der Waals surface area contributed by atoms with Crippen molar-refractivity contribution < 1.29 is 4.79 Å². The van der Waals surface area contributed by atoms with Crippen molar-refractivity contribution >= 4 is 16.6 Å². The first-order chi connectivity index (χ1) is 14.0. The number of hydrogen-bond acceptors (Lipinski definition) is 3. The maximum Gasteiger partial charge on any atom is 0.159 e. The smallest absolute Gasteiger partial charge is 0.159 e. The van der Waals surface area contributed by atoms with Crippen molar-refractivity contribution in [1.29, 1.82) is 0 Å². The van der Waals surface area contributed by atoms with Crippen molar-refractivity contribution in [2.45, 2.75) is 33.4 Å². The van der Waals surface area contributed by atoms with E-state index in [1.807, 2.05) is 35.1 Å². The molecule has 29 heavy (non-hydrogen) atoms. The van der Waals surface area contributed by atoms with Gasteiger partial charge in [0.15, 0.2) is 5.78 Å². The van der Waals surface area contributed by atoms with Crippen molar-refractivity contribution in [2.24, 2.45) is 0 Å². The number of aromatic nitrogens is 2. The molecule has 0 radical (unpaired) electrons. The minimum Gasteiger partial charge on any atom is -0.306 e. The van der Waals surface area contributed by atoms with E-state index in [1.54, 1.807) is 6.92 Å². The Balaban J connectivity index is 1.57. The fraction of sp³-hybridized carbons (Fsp3) is 0.200. The fourth-order valence-corrected chi connectivity index (χ4v) is 3.76. The molecule has 0 saturated heterocycles. The van der Waals surface area contributed by atoms with Crippen LogP contribution < -0.4 is 5.32 Å². The molecule has 146 valence electrons. The molecule has 0 amide bonds. The maximum absolute atomic E-state index is 11.6. The van der Waals surface area contributed by atoms with Gasteiger partial charge in [0.1, 0.15) is 0 Å². The van der Waals surface area contributed by atoms with Crippen LogP contribution in [-0.2, 0) is 6.54 Å². The lowest BCUT2D eigenvalue weighted by Crippen LogP contribution is -2.19. The second-order valence-electron chi connectivity index (χ2n) is 7.45. The van der Waals surface area contributed by atoms with Gasteiger partial charge in [0, 0.05) is 34.8 Å². The van der Waals surface area contributed by atoms with Gasteiger partial charge < -0.3 is 5.32 Å². The number of carbonyl (C=O) groups excluding carboxylic acids is 1. The SMILES string of the molecule is CC(=O)c1cccc(CN[C@@H](C)c2cnn(-c3cccc4ccccc34)c2C)c1. The minimum absolute atomic E-state index is 0.0899. The Hall–Kier alpha value is -3.24. The second kappa shape index (κ2) is 8.02. The maximum atomic E-state index is 11.6. The summed E-state index contributed by atoms with van der Waals surface area (Å²) in [5, 5.41) is 10.6. The highest BCUT2D eigenvalue weighted by Crippen LogP contribution is 2.26. The van der Waals surface area contributed by atoms with Crippen molar-refractivity contribution in [3.05, 3.63) is 95.3 Å². The van der Waals surface area contributed by atoms with Crippen molar-refractivity contribution in [3.8, 4) is 5.69 Å². The van der Waals surface area contributed by atoms with Gasteiger partial charge in [-0.1, -0.05) is 54.6 Å². The average Bonchev–Trinajstić information content (AvgIpc) is 3.13. The lowest BCUT2D eigenvalue weighted by atomic mass is 10.1.